The number of benzene rings is 1. The molecular formula is C17H22N2OS. The van der Waals surface area contributed by atoms with Crippen molar-refractivity contribution in [2.75, 3.05) is 12.8 Å². The number of hydrogen-bond acceptors (Lipinski definition) is 4. The van der Waals surface area contributed by atoms with E-state index in [4.69, 9.17) is 4.74 Å². The van der Waals surface area contributed by atoms with E-state index in [9.17, 15) is 0 Å². The summed E-state index contributed by atoms with van der Waals surface area (Å²) in [4.78, 5) is 5.42. The topological polar surface area (TPSA) is 34.1 Å². The Kier molecular flexibility index (Phi) is 6.08. The van der Waals surface area contributed by atoms with Gasteiger partial charge >= 0.3 is 0 Å². The van der Waals surface area contributed by atoms with Gasteiger partial charge in [0.05, 0.1) is 0 Å². The zero-order valence-electron chi connectivity index (χ0n) is 12.8. The Morgan fingerprint density at radius 3 is 2.62 bits per heavy atom. The first-order chi connectivity index (χ1) is 10.2. The molecule has 0 atom stereocenters. The van der Waals surface area contributed by atoms with Crippen LogP contribution in [0.15, 0.2) is 47.6 Å². The Morgan fingerprint density at radius 2 is 1.95 bits per heavy atom. The molecule has 1 heterocycles. The second kappa shape index (κ2) is 8.05. The molecule has 0 spiro atoms. The van der Waals surface area contributed by atoms with Crippen molar-refractivity contribution in [3.8, 4) is 11.5 Å². The first-order valence-corrected chi connectivity index (χ1v) is 8.37. The molecule has 0 fully saturated rings. The molecule has 0 amide bonds. The largest absolute Gasteiger partial charge is 0.457 e. The molecule has 1 aromatic heterocycles. The molecule has 0 bridgehead atoms. The lowest BCUT2D eigenvalue weighted by Crippen LogP contribution is -2.19. The van der Waals surface area contributed by atoms with Gasteiger partial charge in [-0.3, -0.25) is 4.98 Å². The number of hydrogen-bond donors (Lipinski definition) is 1. The molecule has 0 radical (unpaired) electrons. The van der Waals surface area contributed by atoms with E-state index in [1.54, 1.807) is 18.0 Å². The highest BCUT2D eigenvalue weighted by Crippen LogP contribution is 2.26. The van der Waals surface area contributed by atoms with Crippen molar-refractivity contribution >= 4 is 11.8 Å². The van der Waals surface area contributed by atoms with Gasteiger partial charge in [0.25, 0.3) is 0 Å². The standard InChI is InChI=1S/C17H22N2OS/c1-13(2)10-19-12-14-11-18-9-8-17(14)20-15-4-6-16(21-3)7-5-15/h4-9,11,13,19H,10,12H2,1-3H3. The van der Waals surface area contributed by atoms with E-state index in [1.165, 1.54) is 4.90 Å². The second-order valence-corrected chi connectivity index (χ2v) is 6.17. The van der Waals surface area contributed by atoms with E-state index in [2.05, 4.69) is 42.5 Å². The SMILES string of the molecule is CSc1ccc(Oc2ccncc2CNCC(C)C)cc1. The van der Waals surface area contributed by atoms with Crippen LogP contribution in [0.2, 0.25) is 0 Å². The molecule has 0 saturated carbocycles. The third-order valence-corrected chi connectivity index (χ3v) is 3.76. The van der Waals surface area contributed by atoms with Crippen molar-refractivity contribution in [2.45, 2.75) is 25.3 Å². The molecule has 0 saturated heterocycles. The highest BCUT2D eigenvalue weighted by atomic mass is 32.2. The third kappa shape index (κ3) is 5.06. The number of ether oxygens (including phenoxy) is 1. The number of nitrogens with zero attached hydrogens (tertiary/aromatic N) is 1. The van der Waals surface area contributed by atoms with Crippen LogP contribution in [-0.2, 0) is 6.54 Å². The summed E-state index contributed by atoms with van der Waals surface area (Å²) < 4.78 is 5.98. The fourth-order valence-corrected chi connectivity index (χ4v) is 2.32. The van der Waals surface area contributed by atoms with Crippen LogP contribution in [0.3, 0.4) is 0 Å². The lowest BCUT2D eigenvalue weighted by atomic mass is 10.2. The maximum Gasteiger partial charge on any atom is 0.134 e. The van der Waals surface area contributed by atoms with Crippen molar-refractivity contribution in [1.82, 2.24) is 10.3 Å². The van der Waals surface area contributed by atoms with Gasteiger partial charge in [-0.15, -0.1) is 11.8 Å². The summed E-state index contributed by atoms with van der Waals surface area (Å²) in [5, 5.41) is 3.42. The monoisotopic (exact) mass is 302 g/mol. The van der Waals surface area contributed by atoms with E-state index in [0.29, 0.717) is 5.92 Å². The minimum atomic E-state index is 0.630. The normalized spacial score (nSPS) is 10.9. The van der Waals surface area contributed by atoms with Gasteiger partial charge in [0.2, 0.25) is 0 Å². The predicted octanol–water partition coefficient (Wildman–Crippen LogP) is 4.34. The van der Waals surface area contributed by atoms with Crippen molar-refractivity contribution < 1.29 is 4.74 Å². The van der Waals surface area contributed by atoms with Crippen LogP contribution in [0.5, 0.6) is 11.5 Å². The maximum atomic E-state index is 5.98. The molecule has 2 rings (SSSR count). The quantitative estimate of drug-likeness (QED) is 0.771. The van der Waals surface area contributed by atoms with Gasteiger partial charge in [-0.25, -0.2) is 0 Å². The molecule has 0 aliphatic carbocycles. The average Bonchev–Trinajstić information content (AvgIpc) is 2.49. The molecule has 1 aromatic carbocycles. The summed E-state index contributed by atoms with van der Waals surface area (Å²) in [6, 6.07) is 10.0. The molecule has 2 aromatic rings. The van der Waals surface area contributed by atoms with Gasteiger partial charge in [0.15, 0.2) is 0 Å². The molecule has 1 N–H and O–H groups in total. The summed E-state index contributed by atoms with van der Waals surface area (Å²) in [5.41, 5.74) is 1.08. The van der Waals surface area contributed by atoms with Crippen LogP contribution < -0.4 is 10.1 Å². The van der Waals surface area contributed by atoms with Gasteiger partial charge < -0.3 is 10.1 Å². The Hall–Kier alpha value is -1.52. The second-order valence-electron chi connectivity index (χ2n) is 5.29. The summed E-state index contributed by atoms with van der Waals surface area (Å²) in [5.74, 6) is 2.34. The molecular weight excluding hydrogens is 280 g/mol. The number of thioether (sulfide) groups is 1. The zero-order valence-corrected chi connectivity index (χ0v) is 13.6. The lowest BCUT2D eigenvalue weighted by Gasteiger charge is -2.12. The number of aromatic nitrogens is 1. The molecule has 112 valence electrons. The molecule has 4 heteroatoms. The van der Waals surface area contributed by atoms with Crippen LogP contribution in [0.25, 0.3) is 0 Å². The molecule has 0 aliphatic rings. The lowest BCUT2D eigenvalue weighted by molar-refractivity contribution is 0.467. The first-order valence-electron chi connectivity index (χ1n) is 7.14. The summed E-state index contributed by atoms with van der Waals surface area (Å²) in [7, 11) is 0. The van der Waals surface area contributed by atoms with E-state index in [0.717, 1.165) is 30.2 Å². The Bertz CT molecular complexity index is 555. The number of rotatable bonds is 7. The van der Waals surface area contributed by atoms with Gasteiger partial charge in [-0.2, -0.15) is 0 Å². The molecule has 3 nitrogen and oxygen atoms in total. The molecule has 0 unspecified atom stereocenters. The number of nitrogens with one attached hydrogen (secondary N) is 1. The minimum Gasteiger partial charge on any atom is -0.457 e. The van der Waals surface area contributed by atoms with E-state index < -0.39 is 0 Å². The van der Waals surface area contributed by atoms with Crippen molar-refractivity contribution in [3.63, 3.8) is 0 Å². The van der Waals surface area contributed by atoms with Crippen LogP contribution in [0.1, 0.15) is 19.4 Å². The van der Waals surface area contributed by atoms with E-state index in [-0.39, 0.29) is 0 Å². The van der Waals surface area contributed by atoms with Gasteiger partial charge in [-0.1, -0.05) is 13.8 Å². The van der Waals surface area contributed by atoms with Crippen molar-refractivity contribution in [1.29, 1.82) is 0 Å². The Balaban J connectivity index is 2.04. The maximum absolute atomic E-state index is 5.98. The minimum absolute atomic E-state index is 0.630. The molecule has 21 heavy (non-hydrogen) atoms. The average molecular weight is 302 g/mol. The summed E-state index contributed by atoms with van der Waals surface area (Å²) >= 11 is 1.73. The fourth-order valence-electron chi connectivity index (χ4n) is 1.91. The van der Waals surface area contributed by atoms with E-state index >= 15 is 0 Å². The smallest absolute Gasteiger partial charge is 0.134 e. The molecule has 0 aliphatic heterocycles. The van der Waals surface area contributed by atoms with Crippen molar-refractivity contribution in [2.24, 2.45) is 5.92 Å². The van der Waals surface area contributed by atoms with Crippen LogP contribution >= 0.6 is 11.8 Å². The van der Waals surface area contributed by atoms with Gasteiger partial charge in [0.1, 0.15) is 11.5 Å². The summed E-state index contributed by atoms with van der Waals surface area (Å²) in [6.45, 7) is 6.14. The predicted molar refractivity (Wildman–Crippen MR) is 89.1 cm³/mol. The van der Waals surface area contributed by atoms with Crippen LogP contribution in [0, 0.1) is 5.92 Å². The van der Waals surface area contributed by atoms with Crippen molar-refractivity contribution in [3.05, 3.63) is 48.3 Å². The number of pyridine rings is 1. The highest BCUT2D eigenvalue weighted by molar-refractivity contribution is 7.98. The zero-order chi connectivity index (χ0) is 15.1. The fraction of sp³-hybridized carbons (Fsp3) is 0.353. The van der Waals surface area contributed by atoms with Gasteiger partial charge in [0, 0.05) is 29.4 Å². The van der Waals surface area contributed by atoms with Crippen LogP contribution in [0.4, 0.5) is 0 Å². The first kappa shape index (κ1) is 15.9. The highest BCUT2D eigenvalue weighted by Gasteiger charge is 2.05. The third-order valence-electron chi connectivity index (χ3n) is 3.01. The Labute approximate surface area is 131 Å². The summed E-state index contributed by atoms with van der Waals surface area (Å²) in [6.07, 6.45) is 5.69. The van der Waals surface area contributed by atoms with Gasteiger partial charge in [-0.05, 0) is 49.1 Å². The Morgan fingerprint density at radius 1 is 1.19 bits per heavy atom. The van der Waals surface area contributed by atoms with E-state index in [1.807, 2.05) is 24.4 Å². The van der Waals surface area contributed by atoms with Crippen LogP contribution in [-0.4, -0.2) is 17.8 Å².